The van der Waals surface area contributed by atoms with Crippen molar-refractivity contribution in [1.82, 2.24) is 0 Å². The first kappa shape index (κ1) is 16.2. The Kier molecular flexibility index (Phi) is 6.16. The maximum absolute atomic E-state index is 11.4. The highest BCUT2D eigenvalue weighted by Gasteiger charge is 2.15. The normalized spacial score (nSPS) is 11.3. The molecule has 0 aliphatic rings. The van der Waals surface area contributed by atoms with Gasteiger partial charge in [-0.2, -0.15) is 0 Å². The molecule has 1 aromatic rings. The first-order valence-corrected chi connectivity index (χ1v) is 6.95. The molecule has 0 atom stereocenters. The van der Waals surface area contributed by atoms with Gasteiger partial charge in [-0.3, -0.25) is 9.59 Å². The largest absolute Gasteiger partial charge is 0.496 e. The molecule has 3 heteroatoms. The molecule has 0 amide bonds. The van der Waals surface area contributed by atoms with Crippen LogP contribution < -0.4 is 4.74 Å². The second-order valence-corrected chi connectivity index (χ2v) is 4.71. The van der Waals surface area contributed by atoms with Crippen molar-refractivity contribution in [2.24, 2.45) is 0 Å². The maximum Gasteiger partial charge on any atom is 0.154 e. The molecule has 1 rings (SSSR count). The van der Waals surface area contributed by atoms with E-state index in [1.165, 1.54) is 0 Å². The summed E-state index contributed by atoms with van der Waals surface area (Å²) in [6.45, 7) is 5.62. The van der Waals surface area contributed by atoms with Crippen LogP contribution in [0.15, 0.2) is 18.2 Å². The monoisotopic (exact) mass is 274 g/mol. The molecule has 0 unspecified atom stereocenters. The SMILES string of the molecule is CCCC(=CC(C)=O)c1ccc(OC)c(C=O)c1CC. The number of carbonyl (C=O) groups is 2. The molecular weight excluding hydrogens is 252 g/mol. The van der Waals surface area contributed by atoms with Crippen LogP contribution in [-0.2, 0) is 11.2 Å². The van der Waals surface area contributed by atoms with Crippen LogP contribution in [-0.4, -0.2) is 19.2 Å². The number of carbonyl (C=O) groups excluding carboxylic acids is 2. The zero-order chi connectivity index (χ0) is 15.1. The Morgan fingerprint density at radius 1 is 1.30 bits per heavy atom. The van der Waals surface area contributed by atoms with E-state index in [1.807, 2.05) is 13.0 Å². The summed E-state index contributed by atoms with van der Waals surface area (Å²) in [5.41, 5.74) is 3.49. The molecular formula is C17H22O3. The average Bonchev–Trinajstić information content (AvgIpc) is 2.44. The topological polar surface area (TPSA) is 43.4 Å². The van der Waals surface area contributed by atoms with Gasteiger partial charge in [0.2, 0.25) is 0 Å². The van der Waals surface area contributed by atoms with E-state index < -0.39 is 0 Å². The summed E-state index contributed by atoms with van der Waals surface area (Å²) in [7, 11) is 1.56. The van der Waals surface area contributed by atoms with E-state index >= 15 is 0 Å². The van der Waals surface area contributed by atoms with Crippen molar-refractivity contribution in [2.45, 2.75) is 40.0 Å². The molecule has 0 saturated heterocycles. The second kappa shape index (κ2) is 7.63. The van der Waals surface area contributed by atoms with Gasteiger partial charge in [0.1, 0.15) is 5.75 Å². The minimum atomic E-state index is 0.0268. The molecule has 0 aromatic heterocycles. The van der Waals surface area contributed by atoms with E-state index in [4.69, 9.17) is 4.74 Å². The number of hydrogen-bond donors (Lipinski definition) is 0. The lowest BCUT2D eigenvalue weighted by Gasteiger charge is -2.16. The van der Waals surface area contributed by atoms with Crippen LogP contribution in [0.4, 0.5) is 0 Å². The predicted molar refractivity (Wildman–Crippen MR) is 81.3 cm³/mol. The quantitative estimate of drug-likeness (QED) is 0.560. The zero-order valence-corrected chi connectivity index (χ0v) is 12.7. The van der Waals surface area contributed by atoms with E-state index in [9.17, 15) is 9.59 Å². The lowest BCUT2D eigenvalue weighted by molar-refractivity contribution is -0.112. The molecule has 1 aromatic carbocycles. The number of methoxy groups -OCH3 is 1. The lowest BCUT2D eigenvalue weighted by Crippen LogP contribution is -2.02. The van der Waals surface area contributed by atoms with Gasteiger partial charge in [0.05, 0.1) is 12.7 Å². The summed E-state index contributed by atoms with van der Waals surface area (Å²) in [5.74, 6) is 0.609. The first-order chi connectivity index (χ1) is 9.58. The number of rotatable bonds is 7. The minimum absolute atomic E-state index is 0.0268. The van der Waals surface area contributed by atoms with Crippen molar-refractivity contribution in [3.8, 4) is 5.75 Å². The molecule has 0 fully saturated rings. The Labute approximate surface area is 120 Å². The van der Waals surface area contributed by atoms with Gasteiger partial charge >= 0.3 is 0 Å². The summed E-state index contributed by atoms with van der Waals surface area (Å²) in [4.78, 5) is 22.8. The van der Waals surface area contributed by atoms with E-state index in [1.54, 1.807) is 26.2 Å². The van der Waals surface area contributed by atoms with Crippen LogP contribution in [0.3, 0.4) is 0 Å². The number of ketones is 1. The zero-order valence-electron chi connectivity index (χ0n) is 12.7. The molecule has 20 heavy (non-hydrogen) atoms. The van der Waals surface area contributed by atoms with Crippen LogP contribution in [0.5, 0.6) is 5.75 Å². The van der Waals surface area contributed by atoms with Gasteiger partial charge in [0.25, 0.3) is 0 Å². The van der Waals surface area contributed by atoms with E-state index in [0.717, 1.165) is 42.2 Å². The number of aldehydes is 1. The number of benzene rings is 1. The predicted octanol–water partition coefficient (Wildman–Crippen LogP) is 3.84. The third kappa shape index (κ3) is 3.56. The highest BCUT2D eigenvalue weighted by atomic mass is 16.5. The Balaban J connectivity index is 3.50. The Bertz CT molecular complexity index is 527. The molecule has 0 saturated carbocycles. The van der Waals surface area contributed by atoms with Crippen molar-refractivity contribution < 1.29 is 14.3 Å². The molecule has 3 nitrogen and oxygen atoms in total. The summed E-state index contributed by atoms with van der Waals surface area (Å²) >= 11 is 0. The van der Waals surface area contributed by atoms with E-state index in [2.05, 4.69) is 6.92 Å². The third-order valence-corrected chi connectivity index (χ3v) is 3.25. The van der Waals surface area contributed by atoms with Crippen LogP contribution >= 0.6 is 0 Å². The second-order valence-electron chi connectivity index (χ2n) is 4.71. The summed E-state index contributed by atoms with van der Waals surface area (Å²) < 4.78 is 5.24. The van der Waals surface area contributed by atoms with Crippen molar-refractivity contribution in [3.63, 3.8) is 0 Å². The molecule has 0 N–H and O–H groups in total. The number of ether oxygens (including phenoxy) is 1. The fraction of sp³-hybridized carbons (Fsp3) is 0.412. The van der Waals surface area contributed by atoms with Gasteiger partial charge in [0, 0.05) is 0 Å². The number of hydrogen-bond acceptors (Lipinski definition) is 3. The molecule has 0 bridgehead atoms. The van der Waals surface area contributed by atoms with Crippen molar-refractivity contribution in [2.75, 3.05) is 7.11 Å². The van der Waals surface area contributed by atoms with Gasteiger partial charge < -0.3 is 4.74 Å². The lowest BCUT2D eigenvalue weighted by atomic mass is 9.90. The van der Waals surface area contributed by atoms with E-state index in [-0.39, 0.29) is 5.78 Å². The average molecular weight is 274 g/mol. The smallest absolute Gasteiger partial charge is 0.154 e. The van der Waals surface area contributed by atoms with Gasteiger partial charge in [-0.05, 0) is 48.6 Å². The molecule has 0 aliphatic heterocycles. The summed E-state index contributed by atoms with van der Waals surface area (Å²) in [6.07, 6.45) is 4.99. The van der Waals surface area contributed by atoms with E-state index in [0.29, 0.717) is 11.3 Å². The van der Waals surface area contributed by atoms with Gasteiger partial charge in [0.15, 0.2) is 12.1 Å². The van der Waals surface area contributed by atoms with Gasteiger partial charge in [-0.15, -0.1) is 0 Å². The Morgan fingerprint density at radius 3 is 2.45 bits per heavy atom. The highest BCUT2D eigenvalue weighted by Crippen LogP contribution is 2.31. The number of allylic oxidation sites excluding steroid dienone is 2. The van der Waals surface area contributed by atoms with Crippen LogP contribution in [0.2, 0.25) is 0 Å². The fourth-order valence-electron chi connectivity index (χ4n) is 2.43. The van der Waals surface area contributed by atoms with Crippen molar-refractivity contribution in [3.05, 3.63) is 34.9 Å². The fourth-order valence-corrected chi connectivity index (χ4v) is 2.43. The molecule has 0 spiro atoms. The van der Waals surface area contributed by atoms with Gasteiger partial charge in [-0.25, -0.2) is 0 Å². The Hall–Kier alpha value is -1.90. The Morgan fingerprint density at radius 2 is 2.00 bits per heavy atom. The first-order valence-electron chi connectivity index (χ1n) is 6.95. The minimum Gasteiger partial charge on any atom is -0.496 e. The molecule has 108 valence electrons. The standard InChI is InChI=1S/C17H22O3/c1-5-7-13(10-12(3)19)15-8-9-17(20-4)16(11-18)14(15)6-2/h8-11H,5-7H2,1-4H3. The van der Waals surface area contributed by atoms with Crippen molar-refractivity contribution in [1.29, 1.82) is 0 Å². The third-order valence-electron chi connectivity index (χ3n) is 3.25. The highest BCUT2D eigenvalue weighted by molar-refractivity contribution is 5.96. The molecule has 0 radical (unpaired) electrons. The van der Waals surface area contributed by atoms with Crippen LogP contribution in [0, 0.1) is 0 Å². The van der Waals surface area contributed by atoms with Gasteiger partial charge in [-0.1, -0.05) is 26.3 Å². The summed E-state index contributed by atoms with van der Waals surface area (Å²) in [6, 6.07) is 3.73. The van der Waals surface area contributed by atoms with Crippen molar-refractivity contribution >= 4 is 17.6 Å². The molecule has 0 heterocycles. The van der Waals surface area contributed by atoms with Crippen LogP contribution in [0.1, 0.15) is 55.1 Å². The summed E-state index contributed by atoms with van der Waals surface area (Å²) in [5, 5.41) is 0. The van der Waals surface area contributed by atoms with Crippen LogP contribution in [0.25, 0.3) is 5.57 Å². The maximum atomic E-state index is 11.4. The molecule has 0 aliphatic carbocycles.